The number of alkyl halides is 3. The fourth-order valence-corrected chi connectivity index (χ4v) is 4.59. The molecule has 2 saturated heterocycles. The predicted octanol–water partition coefficient (Wildman–Crippen LogP) is 3.03. The number of rotatable bonds is 6. The molecule has 0 radical (unpaired) electrons. The molecule has 2 amide bonds. The lowest BCUT2D eigenvalue weighted by molar-refractivity contribution is -0.123. The van der Waals surface area contributed by atoms with Gasteiger partial charge in [0.25, 0.3) is 5.91 Å². The minimum atomic E-state index is -3.84. The monoisotopic (exact) mass is 493 g/mol. The number of nitrogens with zero attached hydrogens (tertiary/aromatic N) is 3. The van der Waals surface area contributed by atoms with E-state index in [2.05, 4.69) is 9.64 Å². The van der Waals surface area contributed by atoms with Crippen LogP contribution in [0.1, 0.15) is 12.0 Å². The summed E-state index contributed by atoms with van der Waals surface area (Å²) in [6, 6.07) is 10.6. The van der Waals surface area contributed by atoms with Crippen molar-refractivity contribution in [3.63, 3.8) is 0 Å². The summed E-state index contributed by atoms with van der Waals surface area (Å²) in [6.45, 7) is 3.81. The molecule has 34 heavy (non-hydrogen) atoms. The predicted molar refractivity (Wildman–Crippen MR) is 118 cm³/mol. The molecule has 3 heterocycles. The summed E-state index contributed by atoms with van der Waals surface area (Å²) in [7, 11) is 0. The van der Waals surface area contributed by atoms with E-state index in [-0.39, 0.29) is 30.8 Å². The van der Waals surface area contributed by atoms with E-state index < -0.39 is 11.6 Å². The first-order valence-electron chi connectivity index (χ1n) is 10.8. The number of benzene rings is 2. The highest BCUT2D eigenvalue weighted by Crippen LogP contribution is 2.33. The zero-order valence-electron chi connectivity index (χ0n) is 18.1. The lowest BCUT2D eigenvalue weighted by atomic mass is 10.1. The van der Waals surface area contributed by atoms with Crippen LogP contribution in [0.5, 0.6) is 17.2 Å². The summed E-state index contributed by atoms with van der Waals surface area (Å²) in [4.78, 5) is 31.1. The molecule has 0 aliphatic carbocycles. The van der Waals surface area contributed by atoms with Crippen LogP contribution in [0.2, 0.25) is 0 Å². The van der Waals surface area contributed by atoms with E-state index in [1.807, 2.05) is 23.1 Å². The standard InChI is InChI=1S/C23H22ClF2N3O5/c24-23(25,26)34-17-4-2-16(3-5-17)29-21(30)12-18(22(29)31)28-9-7-27(8-10-28)13-15-1-6-19-20(11-15)33-14-32-19/h1-6,11,18H,7-10,12-14H2/t18-/m1/s1. The van der Waals surface area contributed by atoms with Gasteiger partial charge in [0, 0.05) is 44.3 Å². The van der Waals surface area contributed by atoms with Crippen LogP contribution >= 0.6 is 11.6 Å². The maximum absolute atomic E-state index is 13.1. The Morgan fingerprint density at radius 1 is 1.00 bits per heavy atom. The van der Waals surface area contributed by atoms with E-state index in [0.29, 0.717) is 18.8 Å². The third kappa shape index (κ3) is 4.79. The second kappa shape index (κ2) is 9.01. The van der Waals surface area contributed by atoms with Crippen molar-refractivity contribution in [3.8, 4) is 17.2 Å². The fourth-order valence-electron chi connectivity index (χ4n) is 4.50. The lowest BCUT2D eigenvalue weighted by Gasteiger charge is -2.37. The van der Waals surface area contributed by atoms with Gasteiger partial charge in [-0.15, -0.1) is 8.78 Å². The fraction of sp³-hybridized carbons (Fsp3) is 0.391. The normalized spacial score (nSPS) is 21.4. The molecule has 11 heteroatoms. The number of hydrogen-bond donors (Lipinski definition) is 0. The van der Waals surface area contributed by atoms with Crippen molar-refractivity contribution in [2.45, 2.75) is 24.6 Å². The van der Waals surface area contributed by atoms with Crippen molar-refractivity contribution in [3.05, 3.63) is 48.0 Å². The molecule has 2 fully saturated rings. The first-order chi connectivity index (χ1) is 16.3. The second-order valence-corrected chi connectivity index (χ2v) is 8.77. The van der Waals surface area contributed by atoms with Gasteiger partial charge in [0.15, 0.2) is 11.5 Å². The first-order valence-corrected chi connectivity index (χ1v) is 11.2. The topological polar surface area (TPSA) is 71.6 Å². The van der Waals surface area contributed by atoms with Gasteiger partial charge in [0.2, 0.25) is 12.7 Å². The lowest BCUT2D eigenvalue weighted by Crippen LogP contribution is -2.52. The molecule has 0 unspecified atom stereocenters. The Labute approximate surface area is 199 Å². The molecule has 0 saturated carbocycles. The van der Waals surface area contributed by atoms with Crippen LogP contribution in [0.4, 0.5) is 14.5 Å². The van der Waals surface area contributed by atoms with Gasteiger partial charge in [0.1, 0.15) is 5.75 Å². The molecular weight excluding hydrogens is 472 g/mol. The van der Waals surface area contributed by atoms with Gasteiger partial charge in [-0.2, -0.15) is 0 Å². The van der Waals surface area contributed by atoms with Crippen LogP contribution in [0.25, 0.3) is 0 Å². The number of halogens is 3. The average molecular weight is 494 g/mol. The average Bonchev–Trinajstić information content (AvgIpc) is 3.37. The third-order valence-electron chi connectivity index (χ3n) is 6.14. The van der Waals surface area contributed by atoms with Crippen molar-refractivity contribution in [2.24, 2.45) is 0 Å². The second-order valence-electron chi connectivity index (χ2n) is 8.33. The minimum absolute atomic E-state index is 0.0823. The molecule has 2 aromatic carbocycles. The SMILES string of the molecule is O=C1C[C@@H](N2CCN(Cc3ccc4c(c3)OCO4)CC2)C(=O)N1c1ccc(OC(F)(F)Cl)cc1. The number of fused-ring (bicyclic) bond motifs is 1. The summed E-state index contributed by atoms with van der Waals surface area (Å²) >= 11 is 4.77. The summed E-state index contributed by atoms with van der Waals surface area (Å²) in [5.41, 5.74) is -2.41. The van der Waals surface area contributed by atoms with Gasteiger partial charge in [-0.25, -0.2) is 4.90 Å². The first kappa shape index (κ1) is 22.8. The number of piperazine rings is 1. The summed E-state index contributed by atoms with van der Waals surface area (Å²) in [5, 5.41) is 0. The van der Waals surface area contributed by atoms with E-state index >= 15 is 0 Å². The Morgan fingerprint density at radius 3 is 2.41 bits per heavy atom. The number of carbonyl (C=O) groups excluding carboxylic acids is 2. The van der Waals surface area contributed by atoms with Gasteiger partial charge in [-0.05, 0) is 42.0 Å². The highest BCUT2D eigenvalue weighted by molar-refractivity contribution is 6.22. The molecule has 0 N–H and O–H groups in total. The van der Waals surface area contributed by atoms with Crippen molar-refractivity contribution in [1.82, 2.24) is 9.80 Å². The molecule has 1 atom stereocenters. The Bertz CT molecular complexity index is 1090. The Kier molecular flexibility index (Phi) is 6.05. The van der Waals surface area contributed by atoms with Gasteiger partial charge in [-0.1, -0.05) is 6.07 Å². The van der Waals surface area contributed by atoms with E-state index in [0.717, 1.165) is 41.6 Å². The number of ether oxygens (including phenoxy) is 3. The van der Waals surface area contributed by atoms with Crippen molar-refractivity contribution in [2.75, 3.05) is 37.9 Å². The molecular formula is C23H22ClF2N3O5. The van der Waals surface area contributed by atoms with Gasteiger partial charge in [-0.3, -0.25) is 19.4 Å². The van der Waals surface area contributed by atoms with Gasteiger partial charge >= 0.3 is 5.57 Å². The molecule has 2 aromatic rings. The van der Waals surface area contributed by atoms with Crippen LogP contribution in [0.15, 0.2) is 42.5 Å². The molecule has 3 aliphatic rings. The number of hydrogen-bond acceptors (Lipinski definition) is 7. The van der Waals surface area contributed by atoms with Crippen molar-refractivity contribution < 1.29 is 32.6 Å². The summed E-state index contributed by atoms with van der Waals surface area (Å²) in [5.74, 6) is 0.696. The Hall–Kier alpha value is -2.95. The maximum Gasteiger partial charge on any atom is 0.487 e. The van der Waals surface area contributed by atoms with Crippen LogP contribution in [-0.4, -0.2) is 66.2 Å². The number of carbonyl (C=O) groups is 2. The maximum atomic E-state index is 13.1. The molecule has 5 rings (SSSR count). The number of anilines is 1. The molecule has 0 bridgehead atoms. The summed E-state index contributed by atoms with van der Waals surface area (Å²) < 4.78 is 40.7. The van der Waals surface area contributed by atoms with E-state index in [9.17, 15) is 18.4 Å². The summed E-state index contributed by atoms with van der Waals surface area (Å²) in [6.07, 6.45) is 0.0823. The highest BCUT2D eigenvalue weighted by Gasteiger charge is 2.43. The molecule has 180 valence electrons. The zero-order valence-corrected chi connectivity index (χ0v) is 18.8. The van der Waals surface area contributed by atoms with E-state index in [1.165, 1.54) is 24.3 Å². The molecule has 8 nitrogen and oxygen atoms in total. The zero-order chi connectivity index (χ0) is 23.9. The minimum Gasteiger partial charge on any atom is -0.454 e. The molecule has 0 aromatic heterocycles. The highest BCUT2D eigenvalue weighted by atomic mass is 35.5. The van der Waals surface area contributed by atoms with Crippen LogP contribution in [-0.2, 0) is 16.1 Å². The van der Waals surface area contributed by atoms with Crippen molar-refractivity contribution in [1.29, 1.82) is 0 Å². The third-order valence-corrected chi connectivity index (χ3v) is 6.22. The smallest absolute Gasteiger partial charge is 0.454 e. The van der Waals surface area contributed by atoms with E-state index in [4.69, 9.17) is 21.1 Å². The number of amides is 2. The van der Waals surface area contributed by atoms with Crippen LogP contribution < -0.4 is 19.1 Å². The van der Waals surface area contributed by atoms with Crippen molar-refractivity contribution >= 4 is 29.1 Å². The van der Waals surface area contributed by atoms with Crippen LogP contribution in [0, 0.1) is 0 Å². The quantitative estimate of drug-likeness (QED) is 0.452. The Balaban J connectivity index is 1.18. The Morgan fingerprint density at radius 2 is 1.71 bits per heavy atom. The van der Waals surface area contributed by atoms with Crippen LogP contribution in [0.3, 0.4) is 0 Å². The van der Waals surface area contributed by atoms with Gasteiger partial charge in [0.05, 0.1) is 18.2 Å². The molecule has 3 aliphatic heterocycles. The van der Waals surface area contributed by atoms with Gasteiger partial charge < -0.3 is 14.2 Å². The molecule has 0 spiro atoms. The van der Waals surface area contributed by atoms with E-state index in [1.54, 1.807) is 0 Å². The largest absolute Gasteiger partial charge is 0.487 e. The number of imide groups is 1.